The van der Waals surface area contributed by atoms with Crippen LogP contribution in [-0.2, 0) is 5.41 Å². The first-order valence-electron chi connectivity index (χ1n) is 16.8. The normalized spacial score (nSPS) is 12.4. The molecule has 3 heteroatoms. The van der Waals surface area contributed by atoms with Crippen molar-refractivity contribution in [3.05, 3.63) is 223 Å². The molecule has 0 saturated carbocycles. The van der Waals surface area contributed by atoms with Gasteiger partial charge < -0.3 is 0 Å². The lowest BCUT2D eigenvalue weighted by Crippen LogP contribution is -2.31. The number of pyridine rings is 3. The Kier molecular flexibility index (Phi) is 8.50. The molecule has 0 aliphatic heterocycles. The lowest BCUT2D eigenvalue weighted by Gasteiger charge is -2.37. The summed E-state index contributed by atoms with van der Waals surface area (Å²) in [6.45, 7) is 0. The van der Waals surface area contributed by atoms with Crippen LogP contribution in [0.2, 0.25) is 0 Å². The topological polar surface area (TPSA) is 38.7 Å². The van der Waals surface area contributed by atoms with Gasteiger partial charge in [0.2, 0.25) is 0 Å². The average Bonchev–Trinajstić information content (AvgIpc) is 3.74. The number of allylic oxidation sites excluding steroid dienone is 4. The third-order valence-electron chi connectivity index (χ3n) is 9.44. The number of hydrogen-bond donors (Lipinski definition) is 0. The molecule has 1 aliphatic rings. The summed E-state index contributed by atoms with van der Waals surface area (Å²) in [6.07, 6.45) is 19.4. The molecule has 7 aromatic rings. The van der Waals surface area contributed by atoms with Crippen molar-refractivity contribution in [3.63, 3.8) is 0 Å². The second kappa shape index (κ2) is 13.8. The van der Waals surface area contributed by atoms with E-state index in [4.69, 9.17) is 0 Å². The number of rotatable bonds is 7. The molecule has 0 unspecified atom stereocenters. The molecule has 3 heterocycles. The molecular formula is C47H33N3. The van der Waals surface area contributed by atoms with E-state index in [1.807, 2.05) is 37.2 Å². The Balaban J connectivity index is 1.32. The van der Waals surface area contributed by atoms with Crippen molar-refractivity contribution in [2.45, 2.75) is 5.41 Å². The van der Waals surface area contributed by atoms with E-state index in [-0.39, 0.29) is 5.92 Å². The average molecular weight is 640 g/mol. The van der Waals surface area contributed by atoms with Gasteiger partial charge in [-0.15, -0.1) is 0 Å². The maximum Gasteiger partial charge on any atom is 0.0701 e. The van der Waals surface area contributed by atoms with Crippen LogP contribution in [0.5, 0.6) is 0 Å². The summed E-state index contributed by atoms with van der Waals surface area (Å²) in [5.41, 5.74) is 11.9. The van der Waals surface area contributed by atoms with Crippen molar-refractivity contribution in [2.75, 3.05) is 0 Å². The van der Waals surface area contributed by atoms with Crippen LogP contribution in [0.4, 0.5) is 0 Å². The van der Waals surface area contributed by atoms with Gasteiger partial charge in [0.15, 0.2) is 0 Å². The lowest BCUT2D eigenvalue weighted by molar-refractivity contribution is 0.745. The van der Waals surface area contributed by atoms with Gasteiger partial charge in [-0.2, -0.15) is 0 Å². The number of nitrogens with zero attached hydrogens (tertiary/aromatic N) is 3. The van der Waals surface area contributed by atoms with Crippen LogP contribution in [0.1, 0.15) is 27.8 Å². The van der Waals surface area contributed by atoms with Crippen molar-refractivity contribution in [2.24, 2.45) is 5.92 Å². The van der Waals surface area contributed by atoms with Crippen LogP contribution in [0.3, 0.4) is 0 Å². The Labute approximate surface area is 293 Å². The first-order chi connectivity index (χ1) is 24.8. The predicted molar refractivity (Wildman–Crippen MR) is 203 cm³/mol. The molecule has 0 radical (unpaired) electrons. The van der Waals surface area contributed by atoms with Crippen molar-refractivity contribution >= 4 is 0 Å². The second-order valence-corrected chi connectivity index (χ2v) is 12.3. The summed E-state index contributed by atoms with van der Waals surface area (Å²) in [6, 6.07) is 48.1. The Bertz CT molecular complexity index is 2100. The zero-order valence-corrected chi connectivity index (χ0v) is 27.4. The minimum atomic E-state index is -0.632. The third-order valence-corrected chi connectivity index (χ3v) is 9.44. The molecule has 50 heavy (non-hydrogen) atoms. The minimum absolute atomic E-state index is 0.158. The van der Waals surface area contributed by atoms with Crippen molar-refractivity contribution < 1.29 is 0 Å². The summed E-state index contributed by atoms with van der Waals surface area (Å²) in [5.74, 6) is 6.93. The van der Waals surface area contributed by atoms with Gasteiger partial charge in [0.25, 0.3) is 0 Å². The quantitative estimate of drug-likeness (QED) is 0.129. The van der Waals surface area contributed by atoms with Crippen LogP contribution in [0.25, 0.3) is 33.4 Å². The van der Waals surface area contributed by atoms with Crippen LogP contribution in [0, 0.1) is 17.8 Å². The lowest BCUT2D eigenvalue weighted by atomic mass is 9.64. The molecule has 0 spiro atoms. The second-order valence-electron chi connectivity index (χ2n) is 12.3. The molecule has 0 saturated heterocycles. The van der Waals surface area contributed by atoms with Gasteiger partial charge in [-0.1, -0.05) is 121 Å². The van der Waals surface area contributed by atoms with Crippen LogP contribution < -0.4 is 0 Å². The molecule has 1 aliphatic carbocycles. The molecule has 0 atom stereocenters. The summed E-state index contributed by atoms with van der Waals surface area (Å²) in [7, 11) is 0. The first-order valence-corrected chi connectivity index (χ1v) is 16.8. The molecule has 0 bridgehead atoms. The number of benzene rings is 4. The molecule has 4 aromatic carbocycles. The van der Waals surface area contributed by atoms with Gasteiger partial charge in [0.1, 0.15) is 0 Å². The van der Waals surface area contributed by atoms with Gasteiger partial charge in [-0.3, -0.25) is 15.0 Å². The fourth-order valence-corrected chi connectivity index (χ4v) is 6.87. The summed E-state index contributed by atoms with van der Waals surface area (Å²) < 4.78 is 0. The summed E-state index contributed by atoms with van der Waals surface area (Å²) >= 11 is 0. The molecule has 3 aromatic heterocycles. The van der Waals surface area contributed by atoms with Crippen LogP contribution in [0.15, 0.2) is 195 Å². The van der Waals surface area contributed by atoms with Gasteiger partial charge in [0, 0.05) is 42.7 Å². The predicted octanol–water partition coefficient (Wildman–Crippen LogP) is 10.3. The smallest absolute Gasteiger partial charge is 0.0701 e. The fraction of sp³-hybridized carbons (Fsp3) is 0.0426. The fourth-order valence-electron chi connectivity index (χ4n) is 6.87. The SMILES string of the molecule is C(#CC1C=CC=C1)c1ccc(C(c2ccc(-c3ccncc3)cc2)(c2ccc(-c3ccncc3)cc2)c2ccc(-c3ccncc3)cc2)cc1. The molecular weight excluding hydrogens is 607 g/mol. The van der Waals surface area contributed by atoms with E-state index in [1.165, 1.54) is 16.7 Å². The van der Waals surface area contributed by atoms with Gasteiger partial charge >= 0.3 is 0 Å². The molecule has 0 amide bonds. The Morgan fingerprint density at radius 2 is 0.660 bits per heavy atom. The summed E-state index contributed by atoms with van der Waals surface area (Å²) in [4.78, 5) is 12.7. The van der Waals surface area contributed by atoms with E-state index >= 15 is 0 Å². The van der Waals surface area contributed by atoms with E-state index in [1.54, 1.807) is 0 Å². The molecule has 0 fully saturated rings. The highest BCUT2D eigenvalue weighted by atomic mass is 14.6. The maximum absolute atomic E-state index is 4.22. The highest BCUT2D eigenvalue weighted by Crippen LogP contribution is 2.46. The van der Waals surface area contributed by atoms with E-state index in [2.05, 4.69) is 185 Å². The van der Waals surface area contributed by atoms with Crippen LogP contribution >= 0.6 is 0 Å². The molecule has 0 N–H and O–H groups in total. The molecule has 8 rings (SSSR count). The number of aromatic nitrogens is 3. The van der Waals surface area contributed by atoms with E-state index in [0.29, 0.717) is 0 Å². The Morgan fingerprint density at radius 3 is 1.00 bits per heavy atom. The zero-order chi connectivity index (χ0) is 33.6. The maximum atomic E-state index is 4.22. The third kappa shape index (κ3) is 6.07. The molecule has 236 valence electrons. The van der Waals surface area contributed by atoms with Crippen molar-refractivity contribution in [1.29, 1.82) is 0 Å². The number of hydrogen-bond acceptors (Lipinski definition) is 3. The van der Waals surface area contributed by atoms with Crippen LogP contribution in [-0.4, -0.2) is 15.0 Å². The van der Waals surface area contributed by atoms with Gasteiger partial charge in [-0.25, -0.2) is 0 Å². The largest absolute Gasteiger partial charge is 0.265 e. The molecule has 3 nitrogen and oxygen atoms in total. The highest BCUT2D eigenvalue weighted by Gasteiger charge is 2.38. The monoisotopic (exact) mass is 639 g/mol. The van der Waals surface area contributed by atoms with Gasteiger partial charge in [-0.05, 0) is 104 Å². The Morgan fingerprint density at radius 1 is 0.360 bits per heavy atom. The zero-order valence-electron chi connectivity index (χ0n) is 27.4. The Hall–Kier alpha value is -6.63. The van der Waals surface area contributed by atoms with Crippen molar-refractivity contribution in [1.82, 2.24) is 15.0 Å². The minimum Gasteiger partial charge on any atom is -0.265 e. The van der Waals surface area contributed by atoms with Gasteiger partial charge in [0.05, 0.1) is 11.3 Å². The first kappa shape index (κ1) is 30.7. The standard InChI is InChI=1S/C47H33N3/c1-2-4-35(3-1)5-6-36-7-15-43(16-8-36)47(44-17-9-37(10-18-44)40-23-29-48-30-24-40,45-19-11-38(12-20-45)41-25-31-49-32-26-41)46-21-13-39(14-22-46)42-27-33-50-34-28-42/h1-4,7-35H. The highest BCUT2D eigenvalue weighted by molar-refractivity contribution is 5.70. The van der Waals surface area contributed by atoms with E-state index in [9.17, 15) is 0 Å². The summed E-state index contributed by atoms with van der Waals surface area (Å²) in [5, 5.41) is 0. The van der Waals surface area contributed by atoms with E-state index in [0.717, 1.165) is 44.5 Å². The van der Waals surface area contributed by atoms with Crippen molar-refractivity contribution in [3.8, 4) is 45.2 Å². The van der Waals surface area contributed by atoms with E-state index < -0.39 is 5.41 Å².